The maximum atomic E-state index is 9.04. The van der Waals surface area contributed by atoms with Crippen molar-refractivity contribution in [1.29, 1.82) is 5.26 Å². The number of hydrogen-bond donors (Lipinski definition) is 0. The number of rotatable bonds is 4. The largest absolute Gasteiger partial charge is 0.275 e. The van der Waals surface area contributed by atoms with Gasteiger partial charge in [0.25, 0.3) is 0 Å². The number of benzene rings is 3. The topological polar surface area (TPSA) is 54.5 Å². The summed E-state index contributed by atoms with van der Waals surface area (Å²) in [6.45, 7) is 2.14. The lowest BCUT2D eigenvalue weighted by Crippen LogP contribution is -2.00. The molecule has 4 rings (SSSR count). The van der Waals surface area contributed by atoms with Crippen molar-refractivity contribution in [2.75, 3.05) is 0 Å². The van der Waals surface area contributed by atoms with Crippen molar-refractivity contribution < 1.29 is 0 Å². The summed E-state index contributed by atoms with van der Waals surface area (Å²) >= 11 is 0. The van der Waals surface area contributed by atoms with Gasteiger partial charge in [-0.15, -0.1) is 10.2 Å². The van der Waals surface area contributed by atoms with Crippen LogP contribution in [0.2, 0.25) is 0 Å². The molecule has 0 amide bonds. The van der Waals surface area contributed by atoms with E-state index in [0.717, 1.165) is 34.9 Å². The third-order valence-corrected chi connectivity index (χ3v) is 4.57. The molecule has 0 N–H and O–H groups in total. The zero-order valence-corrected chi connectivity index (χ0v) is 15.0. The van der Waals surface area contributed by atoms with Crippen molar-refractivity contribution in [2.45, 2.75) is 13.3 Å². The highest BCUT2D eigenvalue weighted by Crippen LogP contribution is 2.28. The molecule has 4 nitrogen and oxygen atoms in total. The highest BCUT2D eigenvalue weighted by molar-refractivity contribution is 5.67. The van der Waals surface area contributed by atoms with Gasteiger partial charge in [0, 0.05) is 16.8 Å². The van der Waals surface area contributed by atoms with E-state index in [9.17, 15) is 0 Å². The van der Waals surface area contributed by atoms with Crippen molar-refractivity contribution in [2.24, 2.45) is 0 Å². The Kier molecular flexibility index (Phi) is 4.51. The Labute approximate surface area is 158 Å². The summed E-state index contributed by atoms with van der Waals surface area (Å²) in [7, 11) is 0. The lowest BCUT2D eigenvalue weighted by atomic mass is 10.1. The SMILES string of the molecule is CCc1ccc(-c2nnc(-c3ccc(C#N)cc3)n2-c2ccccc2)cc1. The van der Waals surface area contributed by atoms with E-state index < -0.39 is 0 Å². The fourth-order valence-corrected chi connectivity index (χ4v) is 3.06. The second kappa shape index (κ2) is 7.27. The van der Waals surface area contributed by atoms with Gasteiger partial charge in [-0.3, -0.25) is 4.57 Å². The highest BCUT2D eigenvalue weighted by atomic mass is 15.3. The summed E-state index contributed by atoms with van der Waals surface area (Å²) in [6.07, 6.45) is 1.00. The molecule has 0 aliphatic rings. The van der Waals surface area contributed by atoms with Crippen LogP contribution in [0, 0.1) is 11.3 Å². The van der Waals surface area contributed by atoms with E-state index in [1.165, 1.54) is 5.56 Å². The minimum Gasteiger partial charge on any atom is -0.275 e. The first-order chi connectivity index (χ1) is 13.3. The Balaban J connectivity index is 1.89. The minimum absolute atomic E-state index is 0.625. The van der Waals surface area contributed by atoms with Crippen LogP contribution in [0.4, 0.5) is 0 Å². The van der Waals surface area contributed by atoms with Gasteiger partial charge in [0.1, 0.15) is 0 Å². The van der Waals surface area contributed by atoms with Crippen molar-refractivity contribution in [3.8, 4) is 34.5 Å². The van der Waals surface area contributed by atoms with E-state index in [1.54, 1.807) is 12.1 Å². The Bertz CT molecular complexity index is 1090. The Morgan fingerprint density at radius 1 is 0.778 bits per heavy atom. The van der Waals surface area contributed by atoms with Crippen molar-refractivity contribution in [3.05, 3.63) is 90.0 Å². The van der Waals surface area contributed by atoms with Crippen LogP contribution in [0.3, 0.4) is 0 Å². The summed E-state index contributed by atoms with van der Waals surface area (Å²) in [4.78, 5) is 0. The van der Waals surface area contributed by atoms with Gasteiger partial charge in [-0.1, -0.05) is 49.4 Å². The Morgan fingerprint density at radius 2 is 1.33 bits per heavy atom. The molecule has 0 saturated heterocycles. The predicted molar refractivity (Wildman–Crippen MR) is 106 cm³/mol. The van der Waals surface area contributed by atoms with E-state index in [4.69, 9.17) is 5.26 Å². The average Bonchev–Trinajstić information content (AvgIpc) is 3.19. The minimum atomic E-state index is 0.625. The number of aryl methyl sites for hydroxylation is 1. The van der Waals surface area contributed by atoms with Crippen LogP contribution in [-0.4, -0.2) is 14.8 Å². The first-order valence-corrected chi connectivity index (χ1v) is 8.91. The molecule has 0 aliphatic carbocycles. The van der Waals surface area contributed by atoms with Gasteiger partial charge in [-0.25, -0.2) is 0 Å². The molecular formula is C23H18N4. The number of aromatic nitrogens is 3. The number of nitriles is 1. The molecule has 0 radical (unpaired) electrons. The summed E-state index contributed by atoms with van der Waals surface area (Å²) in [5.41, 5.74) is 4.85. The fourth-order valence-electron chi connectivity index (χ4n) is 3.06. The maximum absolute atomic E-state index is 9.04. The van der Waals surface area contributed by atoms with E-state index >= 15 is 0 Å². The summed E-state index contributed by atoms with van der Waals surface area (Å²) in [6, 6.07) is 28.1. The smallest absolute Gasteiger partial charge is 0.168 e. The van der Waals surface area contributed by atoms with Gasteiger partial charge in [0.15, 0.2) is 11.6 Å². The lowest BCUT2D eigenvalue weighted by Gasteiger charge is -2.11. The van der Waals surface area contributed by atoms with Crippen LogP contribution in [0.25, 0.3) is 28.5 Å². The normalized spacial score (nSPS) is 10.5. The molecule has 0 fully saturated rings. The number of nitrogens with zero attached hydrogens (tertiary/aromatic N) is 4. The van der Waals surface area contributed by atoms with E-state index in [0.29, 0.717) is 5.56 Å². The van der Waals surface area contributed by atoms with Gasteiger partial charge in [0.05, 0.1) is 11.6 Å². The molecule has 4 aromatic rings. The second-order valence-corrected chi connectivity index (χ2v) is 6.26. The monoisotopic (exact) mass is 350 g/mol. The van der Waals surface area contributed by atoms with E-state index in [-0.39, 0.29) is 0 Å². The summed E-state index contributed by atoms with van der Waals surface area (Å²) in [5, 5.41) is 18.0. The molecule has 3 aromatic carbocycles. The van der Waals surface area contributed by atoms with Crippen LogP contribution < -0.4 is 0 Å². The van der Waals surface area contributed by atoms with E-state index in [2.05, 4.69) is 52.0 Å². The highest BCUT2D eigenvalue weighted by Gasteiger charge is 2.17. The molecule has 1 aromatic heterocycles. The Hall–Kier alpha value is -3.71. The second-order valence-electron chi connectivity index (χ2n) is 6.26. The van der Waals surface area contributed by atoms with Crippen LogP contribution in [-0.2, 0) is 6.42 Å². The van der Waals surface area contributed by atoms with Crippen LogP contribution in [0.1, 0.15) is 18.1 Å². The third kappa shape index (κ3) is 3.23. The molecule has 0 atom stereocenters. The number of hydrogen-bond acceptors (Lipinski definition) is 3. The van der Waals surface area contributed by atoms with Gasteiger partial charge in [-0.05, 0) is 48.4 Å². The third-order valence-electron chi connectivity index (χ3n) is 4.57. The maximum Gasteiger partial charge on any atom is 0.168 e. The molecule has 0 unspecified atom stereocenters. The van der Waals surface area contributed by atoms with Gasteiger partial charge < -0.3 is 0 Å². The lowest BCUT2D eigenvalue weighted by molar-refractivity contribution is 1.07. The standard InChI is InChI=1S/C23H18N4/c1-2-17-8-12-19(13-9-17)22-25-26-23(20-14-10-18(16-24)11-15-20)27(22)21-6-4-3-5-7-21/h3-15H,2H2,1H3. The average molecular weight is 350 g/mol. The zero-order valence-electron chi connectivity index (χ0n) is 15.0. The van der Waals surface area contributed by atoms with Gasteiger partial charge in [0.2, 0.25) is 0 Å². The fraction of sp³-hybridized carbons (Fsp3) is 0.0870. The summed E-state index contributed by atoms with van der Waals surface area (Å²) < 4.78 is 2.06. The Morgan fingerprint density at radius 3 is 1.85 bits per heavy atom. The molecule has 0 saturated carbocycles. The van der Waals surface area contributed by atoms with Crippen molar-refractivity contribution in [1.82, 2.24) is 14.8 Å². The molecule has 0 spiro atoms. The van der Waals surface area contributed by atoms with Gasteiger partial charge in [-0.2, -0.15) is 5.26 Å². The molecule has 130 valence electrons. The van der Waals surface area contributed by atoms with Crippen LogP contribution >= 0.6 is 0 Å². The molecule has 0 bridgehead atoms. The molecule has 27 heavy (non-hydrogen) atoms. The quantitative estimate of drug-likeness (QED) is 0.518. The molecule has 1 heterocycles. The number of para-hydroxylation sites is 1. The molecular weight excluding hydrogens is 332 g/mol. The first kappa shape index (κ1) is 16.7. The van der Waals surface area contributed by atoms with Crippen molar-refractivity contribution in [3.63, 3.8) is 0 Å². The van der Waals surface area contributed by atoms with Crippen LogP contribution in [0.15, 0.2) is 78.9 Å². The predicted octanol–water partition coefficient (Wildman–Crippen LogP) is 5.04. The zero-order chi connectivity index (χ0) is 18.6. The molecule has 0 aliphatic heterocycles. The van der Waals surface area contributed by atoms with Gasteiger partial charge >= 0.3 is 0 Å². The molecule has 4 heteroatoms. The summed E-state index contributed by atoms with van der Waals surface area (Å²) in [5.74, 6) is 1.54. The van der Waals surface area contributed by atoms with E-state index in [1.807, 2.05) is 42.5 Å². The van der Waals surface area contributed by atoms with Crippen LogP contribution in [0.5, 0.6) is 0 Å². The van der Waals surface area contributed by atoms with Crippen molar-refractivity contribution >= 4 is 0 Å². The first-order valence-electron chi connectivity index (χ1n) is 8.91.